The lowest BCUT2D eigenvalue weighted by atomic mass is 10.0. The minimum absolute atomic E-state index is 0.0498. The molecule has 0 aliphatic rings. The molecular formula is C33H34ClN3O5S. The molecule has 0 saturated heterocycles. The molecule has 10 heteroatoms. The van der Waals surface area contributed by atoms with E-state index >= 15 is 0 Å². The third kappa shape index (κ3) is 9.07. The number of ether oxygens (including phenoxy) is 1. The van der Waals surface area contributed by atoms with Crippen molar-refractivity contribution in [1.29, 1.82) is 0 Å². The van der Waals surface area contributed by atoms with Gasteiger partial charge in [-0.25, -0.2) is 8.42 Å². The van der Waals surface area contributed by atoms with Gasteiger partial charge in [0.1, 0.15) is 24.9 Å². The summed E-state index contributed by atoms with van der Waals surface area (Å²) < 4.78 is 32.8. The molecule has 0 aliphatic carbocycles. The molecule has 0 spiro atoms. The summed E-state index contributed by atoms with van der Waals surface area (Å²) in [5, 5.41) is 3.14. The predicted octanol–water partition coefficient (Wildman–Crippen LogP) is 5.07. The van der Waals surface area contributed by atoms with Crippen LogP contribution in [0.5, 0.6) is 5.75 Å². The molecule has 0 unspecified atom stereocenters. The Morgan fingerprint density at radius 3 is 2.02 bits per heavy atom. The van der Waals surface area contributed by atoms with Gasteiger partial charge in [0.15, 0.2) is 0 Å². The quantitative estimate of drug-likeness (QED) is 0.225. The van der Waals surface area contributed by atoms with Gasteiger partial charge in [-0.05, 0) is 53.1 Å². The average molecular weight is 620 g/mol. The molecule has 0 aromatic heterocycles. The number of nitrogens with zero attached hydrogens (tertiary/aromatic N) is 2. The Bertz CT molecular complexity index is 1620. The van der Waals surface area contributed by atoms with E-state index in [2.05, 4.69) is 5.32 Å². The molecule has 2 amide bonds. The van der Waals surface area contributed by atoms with E-state index in [0.717, 1.165) is 21.7 Å². The number of carbonyl (C=O) groups excluding carboxylic acids is 2. The number of anilines is 1. The molecule has 4 aromatic rings. The maximum atomic E-state index is 14.0. The lowest BCUT2D eigenvalue weighted by Gasteiger charge is -2.33. The lowest BCUT2D eigenvalue weighted by Crippen LogP contribution is -2.52. The van der Waals surface area contributed by atoms with Crippen molar-refractivity contribution < 1.29 is 22.7 Å². The van der Waals surface area contributed by atoms with Crippen LogP contribution in [0.2, 0.25) is 5.02 Å². The first-order valence-corrected chi connectivity index (χ1v) is 15.9. The fourth-order valence-corrected chi connectivity index (χ4v) is 5.68. The molecule has 0 aliphatic heterocycles. The van der Waals surface area contributed by atoms with Gasteiger partial charge < -0.3 is 15.0 Å². The maximum Gasteiger partial charge on any atom is 0.244 e. The first-order chi connectivity index (χ1) is 20.6. The second-order valence-electron chi connectivity index (χ2n) is 10.0. The average Bonchev–Trinajstić information content (AvgIpc) is 3.01. The molecule has 0 radical (unpaired) electrons. The number of hydrogen-bond donors (Lipinski definition) is 1. The number of rotatable bonds is 13. The molecule has 4 rings (SSSR count). The van der Waals surface area contributed by atoms with Gasteiger partial charge in [0, 0.05) is 25.0 Å². The van der Waals surface area contributed by atoms with Crippen LogP contribution < -0.4 is 14.4 Å². The molecule has 0 fully saturated rings. The van der Waals surface area contributed by atoms with Gasteiger partial charge in [0.05, 0.1) is 11.9 Å². The van der Waals surface area contributed by atoms with Crippen LogP contribution in [0.15, 0.2) is 109 Å². The Balaban J connectivity index is 1.61. The number of amides is 2. The normalized spacial score (nSPS) is 11.8. The summed E-state index contributed by atoms with van der Waals surface area (Å²) in [5.74, 6) is -0.359. The second-order valence-corrected chi connectivity index (χ2v) is 12.4. The molecular weight excluding hydrogens is 586 g/mol. The third-order valence-electron chi connectivity index (χ3n) is 6.81. The zero-order valence-corrected chi connectivity index (χ0v) is 25.6. The number of carbonyl (C=O) groups is 2. The van der Waals surface area contributed by atoms with E-state index in [0.29, 0.717) is 28.6 Å². The summed E-state index contributed by atoms with van der Waals surface area (Å²) in [7, 11) is -2.37. The van der Waals surface area contributed by atoms with Gasteiger partial charge in [-0.2, -0.15) is 0 Å². The van der Waals surface area contributed by atoms with E-state index in [1.54, 1.807) is 48.5 Å². The van der Waals surface area contributed by atoms with Crippen LogP contribution in [-0.2, 0) is 39.2 Å². The smallest absolute Gasteiger partial charge is 0.244 e. The van der Waals surface area contributed by atoms with Crippen LogP contribution in [0.1, 0.15) is 16.7 Å². The standard InChI is InChI=1S/C33H34ClN3O5S/c1-35-33(39)31(21-25-10-5-3-6-11-25)36(22-27-14-9-15-28(34)20-27)32(38)23-37(43(2,40)41)29-16-18-30(19-17-29)42-24-26-12-7-4-8-13-26/h3-20,31H,21-24H2,1-2H3,(H,35,39)/t31-/m0/s1. The highest BCUT2D eigenvalue weighted by molar-refractivity contribution is 7.92. The summed E-state index contributed by atoms with van der Waals surface area (Å²) in [4.78, 5) is 28.6. The van der Waals surface area contributed by atoms with Crippen LogP contribution in [-0.4, -0.2) is 51.0 Å². The minimum Gasteiger partial charge on any atom is -0.489 e. The molecule has 0 heterocycles. The number of benzene rings is 4. The van der Waals surface area contributed by atoms with Crippen molar-refractivity contribution in [1.82, 2.24) is 10.2 Å². The number of nitrogens with one attached hydrogen (secondary N) is 1. The molecule has 224 valence electrons. The molecule has 8 nitrogen and oxygen atoms in total. The number of likely N-dealkylation sites (N-methyl/N-ethyl adjacent to an activating group) is 1. The number of halogens is 1. The van der Waals surface area contributed by atoms with Crippen molar-refractivity contribution in [3.05, 3.63) is 131 Å². The summed E-state index contributed by atoms with van der Waals surface area (Å²) in [6.07, 6.45) is 1.28. The highest BCUT2D eigenvalue weighted by Gasteiger charge is 2.32. The molecule has 0 bridgehead atoms. The first kappa shape index (κ1) is 31.6. The fraction of sp³-hybridized carbons (Fsp3) is 0.212. The van der Waals surface area contributed by atoms with Crippen molar-refractivity contribution in [2.45, 2.75) is 25.6 Å². The summed E-state index contributed by atoms with van der Waals surface area (Å²) in [5.41, 5.74) is 2.85. The van der Waals surface area contributed by atoms with Gasteiger partial charge in [0.25, 0.3) is 0 Å². The summed E-state index contributed by atoms with van der Waals surface area (Å²) >= 11 is 6.22. The van der Waals surface area contributed by atoms with Gasteiger partial charge >= 0.3 is 0 Å². The van der Waals surface area contributed by atoms with Gasteiger partial charge in [0.2, 0.25) is 21.8 Å². The molecule has 1 N–H and O–H groups in total. The van der Waals surface area contributed by atoms with Crippen LogP contribution >= 0.6 is 11.6 Å². The third-order valence-corrected chi connectivity index (χ3v) is 8.19. The lowest BCUT2D eigenvalue weighted by molar-refractivity contribution is -0.139. The van der Waals surface area contributed by atoms with E-state index in [-0.39, 0.29) is 18.9 Å². The van der Waals surface area contributed by atoms with Crippen LogP contribution in [0.3, 0.4) is 0 Å². The Morgan fingerprint density at radius 2 is 1.44 bits per heavy atom. The summed E-state index contributed by atoms with van der Waals surface area (Å²) in [6.45, 7) is -0.102. The van der Waals surface area contributed by atoms with Gasteiger partial charge in [-0.3, -0.25) is 13.9 Å². The summed E-state index contributed by atoms with van der Waals surface area (Å²) in [6, 6.07) is 31.6. The molecule has 1 atom stereocenters. The molecule has 43 heavy (non-hydrogen) atoms. The SMILES string of the molecule is CNC(=O)[C@H](Cc1ccccc1)N(Cc1cccc(Cl)c1)C(=O)CN(c1ccc(OCc2ccccc2)cc1)S(C)(=O)=O. The number of sulfonamides is 1. The zero-order chi connectivity index (χ0) is 30.8. The highest BCUT2D eigenvalue weighted by Crippen LogP contribution is 2.24. The topological polar surface area (TPSA) is 96.0 Å². The Morgan fingerprint density at radius 1 is 0.837 bits per heavy atom. The Hall–Kier alpha value is -4.34. The van der Waals surface area contributed by atoms with E-state index in [1.807, 2.05) is 60.7 Å². The van der Waals surface area contributed by atoms with E-state index in [1.165, 1.54) is 11.9 Å². The minimum atomic E-state index is -3.88. The van der Waals surface area contributed by atoms with Crippen molar-refractivity contribution in [2.24, 2.45) is 0 Å². The predicted molar refractivity (Wildman–Crippen MR) is 169 cm³/mol. The number of hydrogen-bond acceptors (Lipinski definition) is 5. The van der Waals surface area contributed by atoms with E-state index in [4.69, 9.17) is 16.3 Å². The zero-order valence-electron chi connectivity index (χ0n) is 24.0. The molecule has 0 saturated carbocycles. The van der Waals surface area contributed by atoms with Crippen LogP contribution in [0.25, 0.3) is 0 Å². The van der Waals surface area contributed by atoms with Crippen molar-refractivity contribution >= 4 is 39.1 Å². The van der Waals surface area contributed by atoms with Crippen molar-refractivity contribution in [3.63, 3.8) is 0 Å². The van der Waals surface area contributed by atoms with Crippen LogP contribution in [0, 0.1) is 0 Å². The van der Waals surface area contributed by atoms with Crippen molar-refractivity contribution in [2.75, 3.05) is 24.2 Å². The van der Waals surface area contributed by atoms with Gasteiger partial charge in [-0.15, -0.1) is 0 Å². The Kier molecular flexibility index (Phi) is 10.8. The van der Waals surface area contributed by atoms with E-state index in [9.17, 15) is 18.0 Å². The first-order valence-electron chi connectivity index (χ1n) is 13.7. The fourth-order valence-electron chi connectivity index (χ4n) is 4.62. The van der Waals surface area contributed by atoms with E-state index < -0.39 is 28.5 Å². The molecule has 4 aromatic carbocycles. The van der Waals surface area contributed by atoms with Crippen LogP contribution in [0.4, 0.5) is 5.69 Å². The van der Waals surface area contributed by atoms with Gasteiger partial charge in [-0.1, -0.05) is 84.4 Å². The monoisotopic (exact) mass is 619 g/mol. The highest BCUT2D eigenvalue weighted by atomic mass is 35.5. The largest absolute Gasteiger partial charge is 0.489 e. The Labute approximate surface area is 257 Å². The second kappa shape index (κ2) is 14.7. The maximum absolute atomic E-state index is 14.0. The van der Waals surface area contributed by atoms with Crippen molar-refractivity contribution in [3.8, 4) is 5.75 Å².